The third kappa shape index (κ3) is 2.49. The van der Waals surface area contributed by atoms with Crippen LogP contribution in [-0.2, 0) is 11.3 Å². The Kier molecular flexibility index (Phi) is 3.50. The van der Waals surface area contributed by atoms with E-state index in [2.05, 4.69) is 11.2 Å². The third-order valence-corrected chi connectivity index (χ3v) is 1.69. The summed E-state index contributed by atoms with van der Waals surface area (Å²) in [7, 11) is 0. The summed E-state index contributed by atoms with van der Waals surface area (Å²) in [6.07, 6.45) is 7.35. The molecule has 0 aromatic carbocycles. The number of nitrogens with zero attached hydrogens (tertiary/aromatic N) is 1. The number of nitrogens with one attached hydrogen (secondary N) is 1. The van der Waals surface area contributed by atoms with Crippen LogP contribution in [0.3, 0.4) is 0 Å². The Morgan fingerprint density at radius 1 is 1.71 bits per heavy atom. The summed E-state index contributed by atoms with van der Waals surface area (Å²) in [6, 6.07) is 3.35. The molecule has 1 N–H and O–H groups in total. The average molecular weight is 190 g/mol. The molecule has 0 aliphatic carbocycles. The predicted molar refractivity (Wildman–Crippen MR) is 51.7 cm³/mol. The van der Waals surface area contributed by atoms with E-state index in [0.29, 0.717) is 12.0 Å². The highest BCUT2D eigenvalue weighted by Crippen LogP contribution is 1.98. The monoisotopic (exact) mass is 190 g/mol. The number of hydrogen-bond donors (Lipinski definition) is 1. The van der Waals surface area contributed by atoms with Crippen molar-refractivity contribution in [1.82, 2.24) is 9.88 Å². The predicted octanol–water partition coefficient (Wildman–Crippen LogP) is 0.0500. The molecule has 0 bridgehead atoms. The lowest BCUT2D eigenvalue weighted by Crippen LogP contribution is -2.28. The van der Waals surface area contributed by atoms with Gasteiger partial charge in [-0.15, -0.1) is 6.42 Å². The number of terminal acetylenes is 1. The fraction of sp³-hybridized carbons (Fsp3) is 0.200. The highest BCUT2D eigenvalue weighted by atomic mass is 16.2. The number of carbonyl (C=O) groups is 2. The molecule has 0 radical (unpaired) electrons. The molecule has 0 fully saturated rings. The van der Waals surface area contributed by atoms with E-state index in [1.807, 2.05) is 0 Å². The van der Waals surface area contributed by atoms with Crippen LogP contribution in [0.1, 0.15) is 10.5 Å². The van der Waals surface area contributed by atoms with Gasteiger partial charge in [0.2, 0.25) is 5.91 Å². The summed E-state index contributed by atoms with van der Waals surface area (Å²) in [6.45, 7) is 0.319. The first-order chi connectivity index (χ1) is 6.77. The van der Waals surface area contributed by atoms with Crippen molar-refractivity contribution in [3.05, 3.63) is 24.0 Å². The van der Waals surface area contributed by atoms with Crippen molar-refractivity contribution in [2.75, 3.05) is 6.54 Å². The van der Waals surface area contributed by atoms with Crippen LogP contribution in [0.2, 0.25) is 0 Å². The molecule has 14 heavy (non-hydrogen) atoms. The molecule has 0 unspecified atom stereocenters. The van der Waals surface area contributed by atoms with E-state index in [1.165, 1.54) is 0 Å². The fourth-order valence-electron chi connectivity index (χ4n) is 1.04. The molecule has 1 heterocycles. The second kappa shape index (κ2) is 4.87. The van der Waals surface area contributed by atoms with Crippen molar-refractivity contribution in [3.8, 4) is 12.3 Å². The zero-order valence-electron chi connectivity index (χ0n) is 7.56. The topological polar surface area (TPSA) is 51.1 Å². The van der Waals surface area contributed by atoms with Crippen LogP contribution in [0.5, 0.6) is 0 Å². The summed E-state index contributed by atoms with van der Waals surface area (Å²) in [4.78, 5) is 21.7. The van der Waals surface area contributed by atoms with Crippen molar-refractivity contribution in [2.24, 2.45) is 0 Å². The van der Waals surface area contributed by atoms with Crippen molar-refractivity contribution in [2.45, 2.75) is 6.54 Å². The van der Waals surface area contributed by atoms with E-state index >= 15 is 0 Å². The lowest BCUT2D eigenvalue weighted by atomic mass is 10.4. The maximum absolute atomic E-state index is 11.2. The Labute approximate surface area is 81.9 Å². The van der Waals surface area contributed by atoms with Crippen LogP contribution in [0.4, 0.5) is 0 Å². The molecule has 0 saturated heterocycles. The number of aldehydes is 1. The van der Waals surface area contributed by atoms with Gasteiger partial charge in [0.15, 0.2) is 6.29 Å². The summed E-state index contributed by atoms with van der Waals surface area (Å²) in [5.41, 5.74) is 0.473. The summed E-state index contributed by atoms with van der Waals surface area (Å²) >= 11 is 0. The minimum absolute atomic E-state index is 0.114. The Hall–Kier alpha value is -2.02. The SMILES string of the molecule is C#CCNC(=O)Cn1cccc1C=O. The van der Waals surface area contributed by atoms with Gasteiger partial charge in [0.25, 0.3) is 0 Å². The van der Waals surface area contributed by atoms with Gasteiger partial charge in [-0.25, -0.2) is 0 Å². The molecule has 0 spiro atoms. The third-order valence-electron chi connectivity index (χ3n) is 1.69. The molecule has 0 aliphatic heterocycles. The Morgan fingerprint density at radius 2 is 2.50 bits per heavy atom. The molecule has 4 heteroatoms. The van der Waals surface area contributed by atoms with E-state index < -0.39 is 0 Å². The second-order valence-corrected chi connectivity index (χ2v) is 2.66. The first-order valence-electron chi connectivity index (χ1n) is 4.08. The molecule has 0 aliphatic rings. The van der Waals surface area contributed by atoms with E-state index in [0.717, 1.165) is 0 Å². The molecule has 0 saturated carbocycles. The molecule has 1 aromatic rings. The summed E-state index contributed by atoms with van der Waals surface area (Å²) in [5, 5.41) is 2.51. The Balaban J connectivity index is 2.56. The number of hydrogen-bond acceptors (Lipinski definition) is 2. The average Bonchev–Trinajstić information content (AvgIpc) is 2.62. The van der Waals surface area contributed by atoms with Crippen LogP contribution in [0.25, 0.3) is 0 Å². The molecule has 1 amide bonds. The van der Waals surface area contributed by atoms with E-state index in [4.69, 9.17) is 6.42 Å². The zero-order valence-corrected chi connectivity index (χ0v) is 7.56. The summed E-state index contributed by atoms with van der Waals surface area (Å²) < 4.78 is 1.55. The van der Waals surface area contributed by atoms with Crippen molar-refractivity contribution in [1.29, 1.82) is 0 Å². The standard InChI is InChI=1S/C10H10N2O2/c1-2-5-11-10(14)7-12-6-3-4-9(12)8-13/h1,3-4,6,8H,5,7H2,(H,11,14). The molecule has 0 atom stereocenters. The van der Waals surface area contributed by atoms with E-state index in [1.54, 1.807) is 22.9 Å². The number of carbonyl (C=O) groups excluding carboxylic acids is 2. The van der Waals surface area contributed by atoms with Crippen molar-refractivity contribution < 1.29 is 9.59 Å². The van der Waals surface area contributed by atoms with Gasteiger partial charge in [0.1, 0.15) is 6.54 Å². The lowest BCUT2D eigenvalue weighted by molar-refractivity contribution is -0.121. The zero-order chi connectivity index (χ0) is 10.4. The van der Waals surface area contributed by atoms with E-state index in [-0.39, 0.29) is 19.0 Å². The van der Waals surface area contributed by atoms with Crippen LogP contribution in [0, 0.1) is 12.3 Å². The van der Waals surface area contributed by atoms with Crippen LogP contribution in [0.15, 0.2) is 18.3 Å². The quantitative estimate of drug-likeness (QED) is 0.538. The highest BCUT2D eigenvalue weighted by molar-refractivity contribution is 5.78. The minimum Gasteiger partial charge on any atom is -0.344 e. The van der Waals surface area contributed by atoms with Crippen LogP contribution in [-0.4, -0.2) is 23.3 Å². The molecule has 1 aromatic heterocycles. The van der Waals surface area contributed by atoms with Crippen molar-refractivity contribution in [3.63, 3.8) is 0 Å². The maximum atomic E-state index is 11.2. The van der Waals surface area contributed by atoms with Crippen LogP contribution >= 0.6 is 0 Å². The minimum atomic E-state index is -0.206. The van der Waals surface area contributed by atoms with Gasteiger partial charge >= 0.3 is 0 Å². The number of rotatable bonds is 4. The van der Waals surface area contributed by atoms with Gasteiger partial charge in [-0.05, 0) is 12.1 Å². The lowest BCUT2D eigenvalue weighted by Gasteiger charge is -2.04. The van der Waals surface area contributed by atoms with Gasteiger partial charge in [-0.3, -0.25) is 9.59 Å². The Morgan fingerprint density at radius 3 is 3.14 bits per heavy atom. The smallest absolute Gasteiger partial charge is 0.240 e. The van der Waals surface area contributed by atoms with Gasteiger partial charge in [-0.2, -0.15) is 0 Å². The second-order valence-electron chi connectivity index (χ2n) is 2.66. The molecule has 72 valence electrons. The maximum Gasteiger partial charge on any atom is 0.240 e. The first-order valence-corrected chi connectivity index (χ1v) is 4.08. The largest absolute Gasteiger partial charge is 0.344 e. The van der Waals surface area contributed by atoms with Gasteiger partial charge in [0, 0.05) is 6.20 Å². The Bertz CT molecular complexity index is 374. The molecule has 4 nitrogen and oxygen atoms in total. The highest BCUT2D eigenvalue weighted by Gasteiger charge is 2.04. The molecular formula is C10H10N2O2. The van der Waals surface area contributed by atoms with E-state index in [9.17, 15) is 9.59 Å². The molecular weight excluding hydrogens is 180 g/mol. The summed E-state index contributed by atoms with van der Waals surface area (Å²) in [5.74, 6) is 2.09. The molecule has 1 rings (SSSR count). The van der Waals surface area contributed by atoms with Crippen molar-refractivity contribution >= 4 is 12.2 Å². The van der Waals surface area contributed by atoms with Gasteiger partial charge in [0.05, 0.1) is 12.2 Å². The normalized spacial score (nSPS) is 9.07. The van der Waals surface area contributed by atoms with Gasteiger partial charge in [-0.1, -0.05) is 5.92 Å². The first kappa shape index (κ1) is 10.1. The number of aromatic nitrogens is 1. The fourth-order valence-corrected chi connectivity index (χ4v) is 1.04. The number of amides is 1. The van der Waals surface area contributed by atoms with Gasteiger partial charge < -0.3 is 9.88 Å². The van der Waals surface area contributed by atoms with Crippen LogP contribution < -0.4 is 5.32 Å².